The number of hydrogen-bond acceptors (Lipinski definition) is 9. The Hall–Kier alpha value is -3.44. The number of fused-ring (bicyclic) bond motifs is 3. The number of piperazine rings is 1. The maximum atomic E-state index is 13.1. The number of halogens is 1. The number of carbonyl (C=O) groups excluding carboxylic acids is 1. The molecule has 0 radical (unpaired) electrons. The third-order valence-electron chi connectivity index (χ3n) is 11.1. The second-order valence-electron chi connectivity index (χ2n) is 13.9. The van der Waals surface area contributed by atoms with E-state index in [0.717, 1.165) is 105 Å². The summed E-state index contributed by atoms with van der Waals surface area (Å²) in [7, 11) is 0. The molecule has 254 valence electrons. The van der Waals surface area contributed by atoms with E-state index in [1.807, 2.05) is 23.1 Å². The van der Waals surface area contributed by atoms with Crippen LogP contribution in [0.2, 0.25) is 5.02 Å². The minimum Gasteiger partial charge on any atom is -0.461 e. The molecule has 2 aromatic carbocycles. The molecule has 0 aliphatic carbocycles. The van der Waals surface area contributed by atoms with Gasteiger partial charge in [-0.25, -0.2) is 0 Å². The van der Waals surface area contributed by atoms with Gasteiger partial charge in [-0.05, 0) is 62.7 Å². The topological polar surface area (TPSA) is 77.5 Å². The lowest BCUT2D eigenvalue weighted by atomic mass is 9.95. The van der Waals surface area contributed by atoms with Crippen LogP contribution in [0.3, 0.4) is 0 Å². The molecule has 0 saturated carbocycles. The Morgan fingerprint density at radius 2 is 1.69 bits per heavy atom. The molecule has 0 unspecified atom stereocenters. The van der Waals surface area contributed by atoms with Crippen molar-refractivity contribution in [3.05, 3.63) is 64.8 Å². The normalized spacial score (nSPS) is 21.6. The summed E-state index contributed by atoms with van der Waals surface area (Å²) in [5.41, 5.74) is 3.46. The van der Waals surface area contributed by atoms with Gasteiger partial charge in [0.25, 0.3) is 0 Å². The van der Waals surface area contributed by atoms with Crippen LogP contribution < -0.4 is 14.5 Å². The molecule has 0 N–H and O–H groups in total. The molecule has 6 heterocycles. The van der Waals surface area contributed by atoms with Crippen LogP contribution in [0.4, 0.5) is 11.5 Å². The Labute approximate surface area is 288 Å². The summed E-state index contributed by atoms with van der Waals surface area (Å²) in [6.45, 7) is 11.4. The molecular formula is C37H46ClN7O3. The van der Waals surface area contributed by atoms with Crippen molar-refractivity contribution in [3.8, 4) is 6.01 Å². The Morgan fingerprint density at radius 3 is 2.48 bits per heavy atom. The molecule has 10 nitrogen and oxygen atoms in total. The highest BCUT2D eigenvalue weighted by molar-refractivity contribution is 6.36. The Kier molecular flexibility index (Phi) is 9.16. The first-order valence-electron chi connectivity index (χ1n) is 17.8. The molecule has 1 amide bonds. The van der Waals surface area contributed by atoms with E-state index in [2.05, 4.69) is 43.9 Å². The van der Waals surface area contributed by atoms with Crippen LogP contribution in [0.15, 0.2) is 48.6 Å². The van der Waals surface area contributed by atoms with Gasteiger partial charge in [-0.3, -0.25) is 14.6 Å². The van der Waals surface area contributed by atoms with E-state index in [0.29, 0.717) is 32.3 Å². The average Bonchev–Trinajstić information content (AvgIpc) is 3.71. The molecule has 4 saturated heterocycles. The van der Waals surface area contributed by atoms with Gasteiger partial charge in [0.05, 0.1) is 36.0 Å². The van der Waals surface area contributed by atoms with Gasteiger partial charge in [-0.2, -0.15) is 9.97 Å². The predicted octanol–water partition coefficient (Wildman–Crippen LogP) is 4.39. The zero-order valence-corrected chi connectivity index (χ0v) is 28.5. The third kappa shape index (κ3) is 6.35. The highest BCUT2D eigenvalue weighted by Gasteiger charge is 2.45. The molecule has 4 fully saturated rings. The molecular weight excluding hydrogens is 626 g/mol. The van der Waals surface area contributed by atoms with Crippen LogP contribution in [-0.2, 0) is 22.5 Å². The minimum absolute atomic E-state index is 0.0815. The monoisotopic (exact) mass is 671 g/mol. The molecule has 3 aromatic rings. The van der Waals surface area contributed by atoms with Gasteiger partial charge in [0, 0.05) is 75.1 Å². The van der Waals surface area contributed by atoms with Crippen LogP contribution in [0, 0.1) is 0 Å². The lowest BCUT2D eigenvalue weighted by Crippen LogP contribution is -2.49. The molecule has 0 atom stereocenters. The number of amides is 1. The highest BCUT2D eigenvalue weighted by Crippen LogP contribution is 2.40. The number of ether oxygens (including phenoxy) is 2. The largest absolute Gasteiger partial charge is 0.461 e. The van der Waals surface area contributed by atoms with Crippen molar-refractivity contribution < 1.29 is 14.3 Å². The van der Waals surface area contributed by atoms with Crippen molar-refractivity contribution >= 4 is 39.8 Å². The Bertz CT molecular complexity index is 1650. The van der Waals surface area contributed by atoms with Crippen molar-refractivity contribution in [2.75, 3.05) is 95.1 Å². The zero-order valence-electron chi connectivity index (χ0n) is 27.8. The molecule has 5 aliphatic rings. The number of carbonyl (C=O) groups is 1. The number of anilines is 2. The smallest absolute Gasteiger partial charge is 0.318 e. The van der Waals surface area contributed by atoms with Gasteiger partial charge in [-0.15, -0.1) is 0 Å². The van der Waals surface area contributed by atoms with Crippen LogP contribution in [0.25, 0.3) is 10.8 Å². The lowest BCUT2D eigenvalue weighted by Gasteiger charge is -2.38. The van der Waals surface area contributed by atoms with E-state index >= 15 is 0 Å². The van der Waals surface area contributed by atoms with Crippen molar-refractivity contribution in [2.45, 2.75) is 44.2 Å². The van der Waals surface area contributed by atoms with E-state index < -0.39 is 0 Å². The summed E-state index contributed by atoms with van der Waals surface area (Å²) in [6, 6.07) is 13.0. The molecule has 8 rings (SSSR count). The van der Waals surface area contributed by atoms with E-state index in [4.69, 9.17) is 31.0 Å². The van der Waals surface area contributed by atoms with Crippen LogP contribution in [0.1, 0.15) is 36.9 Å². The summed E-state index contributed by atoms with van der Waals surface area (Å²) in [5.74, 6) is 1.05. The van der Waals surface area contributed by atoms with Gasteiger partial charge in [0.1, 0.15) is 12.4 Å². The molecule has 0 spiro atoms. The van der Waals surface area contributed by atoms with Gasteiger partial charge < -0.3 is 24.2 Å². The first-order chi connectivity index (χ1) is 23.6. The summed E-state index contributed by atoms with van der Waals surface area (Å²) in [5, 5.41) is 2.98. The predicted molar refractivity (Wildman–Crippen MR) is 189 cm³/mol. The molecule has 0 bridgehead atoms. The second-order valence-corrected chi connectivity index (χ2v) is 14.3. The van der Waals surface area contributed by atoms with Crippen molar-refractivity contribution in [2.24, 2.45) is 0 Å². The Balaban J connectivity index is 1.02. The fraction of sp³-hybridized carbons (Fsp3) is 0.541. The first kappa shape index (κ1) is 31.8. The first-order valence-corrected chi connectivity index (χ1v) is 18.1. The number of morpholine rings is 1. The fourth-order valence-electron chi connectivity index (χ4n) is 8.45. The van der Waals surface area contributed by atoms with Crippen molar-refractivity contribution in [3.63, 3.8) is 0 Å². The SMILES string of the molecule is O=C(/C=C/CN1CCOCC1)N1CCN(c2nc(OCC34CCCN3CCC4)nc3c2CCN(c2cccc4cccc(Cl)c24)C3)CC1. The Morgan fingerprint density at radius 1 is 0.917 bits per heavy atom. The van der Waals surface area contributed by atoms with Gasteiger partial charge >= 0.3 is 6.01 Å². The van der Waals surface area contributed by atoms with E-state index in [1.165, 1.54) is 31.2 Å². The number of hydrogen-bond donors (Lipinski definition) is 0. The van der Waals surface area contributed by atoms with Crippen LogP contribution >= 0.6 is 11.6 Å². The quantitative estimate of drug-likeness (QED) is 0.324. The van der Waals surface area contributed by atoms with E-state index in [1.54, 1.807) is 6.08 Å². The highest BCUT2D eigenvalue weighted by atomic mass is 35.5. The summed E-state index contributed by atoms with van der Waals surface area (Å²) in [4.78, 5) is 34.9. The lowest BCUT2D eigenvalue weighted by molar-refractivity contribution is -0.126. The minimum atomic E-state index is 0.0815. The molecule has 5 aliphatic heterocycles. The summed E-state index contributed by atoms with van der Waals surface area (Å²) < 4.78 is 12.0. The molecule has 11 heteroatoms. The van der Waals surface area contributed by atoms with Gasteiger partial charge in [0.2, 0.25) is 5.91 Å². The number of nitrogens with zero attached hydrogens (tertiary/aromatic N) is 7. The fourth-order valence-corrected chi connectivity index (χ4v) is 8.73. The molecule has 1 aromatic heterocycles. The standard InChI is InChI=1S/C37H46ClN7O3/c38-30-8-1-6-28-7-2-9-32(34(28)30)44-17-11-29-31(26-44)39-36(48-27-37-12-4-15-45(37)16-5-13-37)40-35(29)43-20-18-42(19-21-43)33(46)10-3-14-41-22-24-47-25-23-41/h1-3,6-10H,4-5,11-27H2/b10-3+. The third-order valence-corrected chi connectivity index (χ3v) is 11.4. The van der Waals surface area contributed by atoms with Crippen molar-refractivity contribution in [1.29, 1.82) is 0 Å². The van der Waals surface area contributed by atoms with Gasteiger partial charge in [0.15, 0.2) is 0 Å². The van der Waals surface area contributed by atoms with E-state index in [-0.39, 0.29) is 11.4 Å². The number of benzene rings is 2. The molecule has 48 heavy (non-hydrogen) atoms. The number of rotatable bonds is 8. The summed E-state index contributed by atoms with van der Waals surface area (Å²) >= 11 is 6.76. The average molecular weight is 672 g/mol. The van der Waals surface area contributed by atoms with Crippen LogP contribution in [-0.4, -0.2) is 121 Å². The maximum absolute atomic E-state index is 13.1. The number of aromatic nitrogens is 2. The maximum Gasteiger partial charge on any atom is 0.318 e. The summed E-state index contributed by atoms with van der Waals surface area (Å²) in [6.07, 6.45) is 9.38. The zero-order chi connectivity index (χ0) is 32.5. The second kappa shape index (κ2) is 13.8. The van der Waals surface area contributed by atoms with E-state index in [9.17, 15) is 4.79 Å². The van der Waals surface area contributed by atoms with Crippen molar-refractivity contribution in [1.82, 2.24) is 24.7 Å². The van der Waals surface area contributed by atoms with Gasteiger partial charge in [-0.1, -0.05) is 41.9 Å². The van der Waals surface area contributed by atoms with Crippen LogP contribution in [0.5, 0.6) is 6.01 Å².